The summed E-state index contributed by atoms with van der Waals surface area (Å²) in [7, 11) is 0. The molecule has 4 heteroatoms. The van der Waals surface area contributed by atoms with Crippen molar-refractivity contribution in [1.82, 2.24) is 5.32 Å². The summed E-state index contributed by atoms with van der Waals surface area (Å²) in [6.07, 6.45) is -0.520. The van der Waals surface area contributed by atoms with Crippen molar-refractivity contribution in [2.45, 2.75) is 13.0 Å². The number of carbonyl (C=O) groups is 1. The molecule has 2 rings (SSSR count). The zero-order chi connectivity index (χ0) is 11.5. The molecule has 1 heterocycles. The largest absolute Gasteiger partial charge is 0.392 e. The van der Waals surface area contributed by atoms with E-state index in [1.54, 1.807) is 18.3 Å². The standard InChI is InChI=1S/C12H13NO2S/c1-8(14)6-13-12(15)10-7-16-11-5-3-2-4-9(10)11/h2-5,7-8,14H,6H2,1H3,(H,13,15)/t8-/m1/s1. The highest BCUT2D eigenvalue weighted by atomic mass is 32.1. The van der Waals surface area contributed by atoms with E-state index in [1.807, 2.05) is 29.6 Å². The van der Waals surface area contributed by atoms with Gasteiger partial charge in [0.15, 0.2) is 0 Å². The molecule has 1 aromatic carbocycles. The van der Waals surface area contributed by atoms with E-state index in [9.17, 15) is 4.79 Å². The zero-order valence-electron chi connectivity index (χ0n) is 8.93. The molecule has 1 aromatic heterocycles. The van der Waals surface area contributed by atoms with Gasteiger partial charge in [-0.15, -0.1) is 11.3 Å². The Labute approximate surface area is 97.7 Å². The maximum Gasteiger partial charge on any atom is 0.252 e. The lowest BCUT2D eigenvalue weighted by atomic mass is 10.1. The fourth-order valence-electron chi connectivity index (χ4n) is 1.49. The van der Waals surface area contributed by atoms with Crippen molar-refractivity contribution in [2.24, 2.45) is 0 Å². The van der Waals surface area contributed by atoms with E-state index in [0.717, 1.165) is 10.1 Å². The smallest absolute Gasteiger partial charge is 0.252 e. The maximum absolute atomic E-state index is 11.8. The molecule has 0 saturated carbocycles. The van der Waals surface area contributed by atoms with Crippen molar-refractivity contribution in [1.29, 1.82) is 0 Å². The van der Waals surface area contributed by atoms with Crippen LogP contribution in [0.2, 0.25) is 0 Å². The van der Waals surface area contributed by atoms with Crippen molar-refractivity contribution < 1.29 is 9.90 Å². The normalized spacial score (nSPS) is 12.6. The van der Waals surface area contributed by atoms with Crippen LogP contribution in [0.5, 0.6) is 0 Å². The summed E-state index contributed by atoms with van der Waals surface area (Å²) >= 11 is 1.55. The first kappa shape index (κ1) is 11.1. The fraction of sp³-hybridized carbons (Fsp3) is 0.250. The molecule has 0 bridgehead atoms. The van der Waals surface area contributed by atoms with Crippen molar-refractivity contribution >= 4 is 27.3 Å². The maximum atomic E-state index is 11.8. The number of hydrogen-bond donors (Lipinski definition) is 2. The molecule has 0 spiro atoms. The summed E-state index contributed by atoms with van der Waals surface area (Å²) in [4.78, 5) is 11.8. The molecule has 0 saturated heterocycles. The van der Waals surface area contributed by atoms with E-state index < -0.39 is 6.10 Å². The van der Waals surface area contributed by atoms with E-state index in [4.69, 9.17) is 5.11 Å². The second kappa shape index (κ2) is 4.63. The van der Waals surface area contributed by atoms with Gasteiger partial charge in [0, 0.05) is 22.0 Å². The van der Waals surface area contributed by atoms with E-state index in [1.165, 1.54) is 0 Å². The Balaban J connectivity index is 2.23. The summed E-state index contributed by atoms with van der Waals surface area (Å²) in [5.41, 5.74) is 0.682. The fourth-order valence-corrected chi connectivity index (χ4v) is 2.43. The highest BCUT2D eigenvalue weighted by Gasteiger charge is 2.11. The molecule has 1 atom stereocenters. The van der Waals surface area contributed by atoms with Gasteiger partial charge >= 0.3 is 0 Å². The highest BCUT2D eigenvalue weighted by Crippen LogP contribution is 2.25. The monoisotopic (exact) mass is 235 g/mol. The van der Waals surface area contributed by atoms with Crippen LogP contribution in [0.3, 0.4) is 0 Å². The number of aliphatic hydroxyl groups is 1. The molecule has 2 aromatic rings. The summed E-state index contributed by atoms with van der Waals surface area (Å²) in [5, 5.41) is 14.6. The van der Waals surface area contributed by atoms with E-state index >= 15 is 0 Å². The first-order chi connectivity index (χ1) is 7.68. The number of amides is 1. The van der Waals surface area contributed by atoms with Crippen LogP contribution in [0.15, 0.2) is 29.6 Å². The molecular formula is C12H13NO2S. The number of aliphatic hydroxyl groups excluding tert-OH is 1. The minimum absolute atomic E-state index is 0.127. The summed E-state index contributed by atoms with van der Waals surface area (Å²) in [6, 6.07) is 7.80. The number of rotatable bonds is 3. The van der Waals surface area contributed by atoms with Gasteiger partial charge in [-0.2, -0.15) is 0 Å². The van der Waals surface area contributed by atoms with Crippen molar-refractivity contribution in [3.8, 4) is 0 Å². The van der Waals surface area contributed by atoms with Crippen molar-refractivity contribution in [3.63, 3.8) is 0 Å². The van der Waals surface area contributed by atoms with Gasteiger partial charge in [0.25, 0.3) is 5.91 Å². The number of benzene rings is 1. The average molecular weight is 235 g/mol. The predicted octanol–water partition coefficient (Wildman–Crippen LogP) is 2.01. The van der Waals surface area contributed by atoms with Crippen LogP contribution in [-0.4, -0.2) is 23.7 Å². The van der Waals surface area contributed by atoms with Crippen LogP contribution >= 0.6 is 11.3 Å². The third-order valence-electron chi connectivity index (χ3n) is 2.28. The van der Waals surface area contributed by atoms with Gasteiger partial charge in [-0.1, -0.05) is 18.2 Å². The quantitative estimate of drug-likeness (QED) is 0.855. The van der Waals surface area contributed by atoms with Crippen LogP contribution in [0.4, 0.5) is 0 Å². The minimum atomic E-state index is -0.520. The van der Waals surface area contributed by atoms with Crippen LogP contribution < -0.4 is 5.32 Å². The van der Waals surface area contributed by atoms with E-state index in [-0.39, 0.29) is 12.5 Å². The minimum Gasteiger partial charge on any atom is -0.392 e. The lowest BCUT2D eigenvalue weighted by Crippen LogP contribution is -2.30. The van der Waals surface area contributed by atoms with Gasteiger partial charge < -0.3 is 10.4 Å². The molecule has 0 aliphatic rings. The topological polar surface area (TPSA) is 49.3 Å². The molecule has 1 amide bonds. The first-order valence-corrected chi connectivity index (χ1v) is 5.99. The number of hydrogen-bond acceptors (Lipinski definition) is 3. The Hall–Kier alpha value is -1.39. The third kappa shape index (κ3) is 2.23. The Morgan fingerprint density at radius 1 is 1.50 bits per heavy atom. The first-order valence-electron chi connectivity index (χ1n) is 5.11. The SMILES string of the molecule is C[C@@H](O)CNC(=O)c1csc2ccccc12. The molecule has 0 radical (unpaired) electrons. The van der Waals surface area contributed by atoms with Gasteiger partial charge in [-0.25, -0.2) is 0 Å². The molecule has 3 nitrogen and oxygen atoms in total. The lowest BCUT2D eigenvalue weighted by molar-refractivity contribution is 0.0926. The Morgan fingerprint density at radius 2 is 2.25 bits per heavy atom. The van der Waals surface area contributed by atoms with Crippen LogP contribution in [-0.2, 0) is 0 Å². The Kier molecular flexibility index (Phi) is 3.22. The molecule has 2 N–H and O–H groups in total. The van der Waals surface area contributed by atoms with Gasteiger partial charge in [0.05, 0.1) is 11.7 Å². The average Bonchev–Trinajstić information content (AvgIpc) is 2.69. The van der Waals surface area contributed by atoms with Crippen LogP contribution in [0, 0.1) is 0 Å². The second-order valence-electron chi connectivity index (χ2n) is 3.70. The van der Waals surface area contributed by atoms with Crippen molar-refractivity contribution in [3.05, 3.63) is 35.2 Å². The highest BCUT2D eigenvalue weighted by molar-refractivity contribution is 7.17. The predicted molar refractivity (Wildman–Crippen MR) is 65.8 cm³/mol. The number of fused-ring (bicyclic) bond motifs is 1. The summed E-state index contributed by atoms with van der Waals surface area (Å²) in [5.74, 6) is -0.127. The molecule has 84 valence electrons. The molecule has 0 aliphatic carbocycles. The van der Waals surface area contributed by atoms with E-state index in [0.29, 0.717) is 5.56 Å². The van der Waals surface area contributed by atoms with Gasteiger partial charge in [0.2, 0.25) is 0 Å². The zero-order valence-corrected chi connectivity index (χ0v) is 9.75. The summed E-state index contributed by atoms with van der Waals surface area (Å²) < 4.78 is 1.10. The summed E-state index contributed by atoms with van der Waals surface area (Å²) in [6.45, 7) is 1.93. The number of thiophene rings is 1. The number of nitrogens with one attached hydrogen (secondary N) is 1. The van der Waals surface area contributed by atoms with Gasteiger partial charge in [-0.05, 0) is 13.0 Å². The molecule has 0 aliphatic heterocycles. The van der Waals surface area contributed by atoms with Crippen LogP contribution in [0.25, 0.3) is 10.1 Å². The second-order valence-corrected chi connectivity index (χ2v) is 4.62. The molecule has 0 fully saturated rings. The molecular weight excluding hydrogens is 222 g/mol. The van der Waals surface area contributed by atoms with Gasteiger partial charge in [0.1, 0.15) is 0 Å². The van der Waals surface area contributed by atoms with E-state index in [2.05, 4.69) is 5.32 Å². The van der Waals surface area contributed by atoms with Gasteiger partial charge in [-0.3, -0.25) is 4.79 Å². The number of carbonyl (C=O) groups excluding carboxylic acids is 1. The lowest BCUT2D eigenvalue weighted by Gasteiger charge is -2.06. The van der Waals surface area contributed by atoms with Crippen molar-refractivity contribution in [2.75, 3.05) is 6.54 Å². The Bertz CT molecular complexity index is 504. The molecule has 0 unspecified atom stereocenters. The molecule has 16 heavy (non-hydrogen) atoms. The Morgan fingerprint density at radius 3 is 3.00 bits per heavy atom. The van der Waals surface area contributed by atoms with Crippen LogP contribution in [0.1, 0.15) is 17.3 Å². The third-order valence-corrected chi connectivity index (χ3v) is 3.25.